The second kappa shape index (κ2) is 6.23. The van der Waals surface area contributed by atoms with E-state index in [-0.39, 0.29) is 5.56 Å². The van der Waals surface area contributed by atoms with Crippen LogP contribution in [-0.2, 0) is 0 Å². The molecule has 0 aliphatic carbocycles. The van der Waals surface area contributed by atoms with Crippen molar-refractivity contribution in [1.29, 1.82) is 0 Å². The van der Waals surface area contributed by atoms with Crippen molar-refractivity contribution >= 4 is 34.9 Å². The minimum absolute atomic E-state index is 0.357. The molecule has 0 unspecified atom stereocenters. The van der Waals surface area contributed by atoms with Gasteiger partial charge in [0.15, 0.2) is 0 Å². The normalized spacial score (nSPS) is 10.0. The molecule has 1 amide bonds. The van der Waals surface area contributed by atoms with Gasteiger partial charge in [-0.3, -0.25) is 14.9 Å². The Hall–Kier alpha value is -2.93. The zero-order chi connectivity index (χ0) is 16.3. The van der Waals surface area contributed by atoms with Gasteiger partial charge in [0, 0.05) is 16.8 Å². The summed E-state index contributed by atoms with van der Waals surface area (Å²) in [4.78, 5) is 33.3. The van der Waals surface area contributed by atoms with Gasteiger partial charge in [-0.1, -0.05) is 17.7 Å². The predicted molar refractivity (Wildman–Crippen MR) is 76.8 cm³/mol. The Morgan fingerprint density at radius 3 is 2.27 bits per heavy atom. The van der Waals surface area contributed by atoms with Crippen molar-refractivity contribution in [2.24, 2.45) is 0 Å². The van der Waals surface area contributed by atoms with Gasteiger partial charge in [0.05, 0.1) is 22.0 Å². The molecule has 0 aliphatic rings. The second-order valence-electron chi connectivity index (χ2n) is 4.21. The number of nitro groups is 1. The summed E-state index contributed by atoms with van der Waals surface area (Å²) < 4.78 is 0. The second-order valence-corrected chi connectivity index (χ2v) is 4.64. The fourth-order valence-corrected chi connectivity index (χ4v) is 1.95. The zero-order valence-corrected chi connectivity index (χ0v) is 11.7. The first kappa shape index (κ1) is 15.5. The molecule has 0 aromatic heterocycles. The van der Waals surface area contributed by atoms with Crippen LogP contribution in [0.1, 0.15) is 20.7 Å². The maximum Gasteiger partial charge on any atom is 0.279 e. The number of nitro benzene ring substituents is 1. The number of hydrogen-bond acceptors (Lipinski definition) is 5. The van der Waals surface area contributed by atoms with Crippen LogP contribution in [0.15, 0.2) is 42.5 Å². The molecule has 0 bridgehead atoms. The van der Waals surface area contributed by atoms with Gasteiger partial charge in [0.2, 0.25) is 0 Å². The van der Waals surface area contributed by atoms with E-state index >= 15 is 0 Å². The third-order valence-corrected chi connectivity index (χ3v) is 3.04. The van der Waals surface area contributed by atoms with Crippen LogP contribution >= 0.6 is 11.6 Å². The van der Waals surface area contributed by atoms with Crippen LogP contribution in [0.25, 0.3) is 0 Å². The number of halogens is 1. The van der Waals surface area contributed by atoms with E-state index < -0.39 is 28.1 Å². The van der Waals surface area contributed by atoms with Gasteiger partial charge in [-0.15, -0.1) is 0 Å². The average molecular weight is 320 g/mol. The van der Waals surface area contributed by atoms with E-state index in [4.69, 9.17) is 11.6 Å². The smallest absolute Gasteiger partial charge is 0.279 e. The molecule has 0 radical (unpaired) electrons. The van der Waals surface area contributed by atoms with Crippen LogP contribution in [0.4, 0.5) is 11.4 Å². The lowest BCUT2D eigenvalue weighted by Gasteiger charge is -2.11. The van der Waals surface area contributed by atoms with Crippen molar-refractivity contribution in [1.82, 2.24) is 0 Å². The maximum absolute atomic E-state index is 12.1. The van der Waals surface area contributed by atoms with Gasteiger partial charge < -0.3 is 15.2 Å². The molecule has 1 N–H and O–H groups in total. The molecule has 112 valence electrons. The van der Waals surface area contributed by atoms with Gasteiger partial charge >= 0.3 is 0 Å². The summed E-state index contributed by atoms with van der Waals surface area (Å²) in [5, 5.41) is 24.9. The fourth-order valence-electron chi connectivity index (χ4n) is 1.83. The SMILES string of the molecule is O=C(Nc1ccc(Cl)cc1)c1cccc([N+](=O)[O-])c1C(=O)[O-]. The molecule has 8 heteroatoms. The third kappa shape index (κ3) is 3.21. The predicted octanol–water partition coefficient (Wildman–Crippen LogP) is 1.86. The summed E-state index contributed by atoms with van der Waals surface area (Å²) in [6.45, 7) is 0. The number of nitrogens with zero attached hydrogens (tertiary/aromatic N) is 1. The van der Waals surface area contributed by atoms with Crippen LogP contribution in [0, 0.1) is 10.1 Å². The molecule has 0 heterocycles. The number of nitrogens with one attached hydrogen (secondary N) is 1. The molecular formula is C14H8ClN2O5-. The number of anilines is 1. The van der Waals surface area contributed by atoms with E-state index in [1.807, 2.05) is 0 Å². The van der Waals surface area contributed by atoms with E-state index in [0.717, 1.165) is 6.07 Å². The minimum atomic E-state index is -1.80. The molecule has 22 heavy (non-hydrogen) atoms. The van der Waals surface area contributed by atoms with E-state index in [1.165, 1.54) is 36.4 Å². The molecular weight excluding hydrogens is 312 g/mol. The van der Waals surface area contributed by atoms with Crippen LogP contribution in [-0.4, -0.2) is 16.8 Å². The zero-order valence-electron chi connectivity index (χ0n) is 10.9. The van der Waals surface area contributed by atoms with Gasteiger partial charge in [-0.2, -0.15) is 0 Å². The van der Waals surface area contributed by atoms with Crippen LogP contribution in [0.2, 0.25) is 5.02 Å². The molecule has 0 fully saturated rings. The lowest BCUT2D eigenvalue weighted by atomic mass is 10.0. The summed E-state index contributed by atoms with van der Waals surface area (Å²) in [6.07, 6.45) is 0. The van der Waals surface area contributed by atoms with Crippen molar-refractivity contribution in [3.8, 4) is 0 Å². The Balaban J connectivity index is 2.41. The van der Waals surface area contributed by atoms with E-state index in [2.05, 4.69) is 5.32 Å². The Morgan fingerprint density at radius 1 is 1.09 bits per heavy atom. The number of carboxylic acids is 1. The van der Waals surface area contributed by atoms with Crippen molar-refractivity contribution in [2.45, 2.75) is 0 Å². The van der Waals surface area contributed by atoms with Gasteiger partial charge in [0.25, 0.3) is 11.6 Å². The fraction of sp³-hybridized carbons (Fsp3) is 0. The monoisotopic (exact) mass is 319 g/mol. The standard InChI is InChI=1S/C14H9ClN2O5/c15-8-4-6-9(7-5-8)16-13(18)10-2-1-3-11(17(21)22)12(10)14(19)20/h1-7H,(H,16,18)(H,19,20)/p-1. The molecule has 2 aromatic carbocycles. The Kier molecular flexibility index (Phi) is 4.38. The number of carbonyl (C=O) groups is 2. The number of rotatable bonds is 4. The quantitative estimate of drug-likeness (QED) is 0.682. The molecule has 0 saturated carbocycles. The largest absolute Gasteiger partial charge is 0.545 e. The third-order valence-electron chi connectivity index (χ3n) is 2.79. The summed E-state index contributed by atoms with van der Waals surface area (Å²) in [6, 6.07) is 9.47. The molecule has 0 saturated heterocycles. The Labute approximate surface area is 129 Å². The van der Waals surface area contributed by atoms with Gasteiger partial charge in [-0.25, -0.2) is 0 Å². The first-order valence-electron chi connectivity index (χ1n) is 5.96. The van der Waals surface area contributed by atoms with Crippen LogP contribution in [0.3, 0.4) is 0 Å². The summed E-state index contributed by atoms with van der Waals surface area (Å²) in [7, 11) is 0. The lowest BCUT2D eigenvalue weighted by molar-refractivity contribution is -0.385. The Morgan fingerprint density at radius 2 is 1.73 bits per heavy atom. The highest BCUT2D eigenvalue weighted by Gasteiger charge is 2.22. The Bertz CT molecular complexity index is 758. The highest BCUT2D eigenvalue weighted by atomic mass is 35.5. The minimum Gasteiger partial charge on any atom is -0.545 e. The van der Waals surface area contributed by atoms with Crippen molar-refractivity contribution in [3.05, 3.63) is 68.7 Å². The number of carboxylic acid groups (broad SMARTS) is 1. The van der Waals surface area contributed by atoms with Crippen LogP contribution < -0.4 is 10.4 Å². The van der Waals surface area contributed by atoms with Crippen LogP contribution in [0.5, 0.6) is 0 Å². The van der Waals surface area contributed by atoms with Crippen molar-refractivity contribution in [2.75, 3.05) is 5.32 Å². The molecule has 7 nitrogen and oxygen atoms in total. The number of aromatic carboxylic acids is 1. The highest BCUT2D eigenvalue weighted by Crippen LogP contribution is 2.23. The number of benzene rings is 2. The molecule has 0 aliphatic heterocycles. The number of hydrogen-bond donors (Lipinski definition) is 1. The highest BCUT2D eigenvalue weighted by molar-refractivity contribution is 6.30. The molecule has 0 spiro atoms. The summed E-state index contributed by atoms with van der Waals surface area (Å²) >= 11 is 5.71. The lowest BCUT2D eigenvalue weighted by Crippen LogP contribution is -2.27. The average Bonchev–Trinajstić information content (AvgIpc) is 2.48. The molecule has 0 atom stereocenters. The van der Waals surface area contributed by atoms with E-state index in [9.17, 15) is 24.8 Å². The van der Waals surface area contributed by atoms with Gasteiger partial charge in [-0.05, 0) is 30.3 Å². The van der Waals surface area contributed by atoms with Crippen molar-refractivity contribution < 1.29 is 19.6 Å². The first-order valence-corrected chi connectivity index (χ1v) is 6.33. The number of amides is 1. The number of carbonyl (C=O) groups excluding carboxylic acids is 2. The maximum atomic E-state index is 12.1. The molecule has 2 rings (SSSR count). The topological polar surface area (TPSA) is 112 Å². The molecule has 2 aromatic rings. The van der Waals surface area contributed by atoms with Gasteiger partial charge in [0.1, 0.15) is 0 Å². The summed E-state index contributed by atoms with van der Waals surface area (Å²) in [5.41, 5.74) is -1.46. The summed E-state index contributed by atoms with van der Waals surface area (Å²) in [5.74, 6) is -2.60. The van der Waals surface area contributed by atoms with E-state index in [1.54, 1.807) is 0 Å². The van der Waals surface area contributed by atoms with Crippen molar-refractivity contribution in [3.63, 3.8) is 0 Å². The first-order chi connectivity index (χ1) is 10.4. The van der Waals surface area contributed by atoms with E-state index in [0.29, 0.717) is 10.7 Å².